The van der Waals surface area contributed by atoms with Crippen molar-refractivity contribution in [3.63, 3.8) is 0 Å². The van der Waals surface area contributed by atoms with E-state index in [1.807, 2.05) is 49.4 Å². The zero-order valence-corrected chi connectivity index (χ0v) is 16.6. The molecule has 1 amide bonds. The second-order valence-corrected chi connectivity index (χ2v) is 7.44. The minimum Gasteiger partial charge on any atom is -0.497 e. The van der Waals surface area contributed by atoms with Crippen molar-refractivity contribution in [1.29, 1.82) is 0 Å². The Morgan fingerprint density at radius 1 is 1.21 bits per heavy atom. The lowest BCUT2D eigenvalue weighted by molar-refractivity contribution is -0.120. The third-order valence-corrected chi connectivity index (χ3v) is 5.38. The number of hydrogen-bond donors (Lipinski definition) is 1. The Hall–Kier alpha value is -3.12. The van der Waals surface area contributed by atoms with Crippen molar-refractivity contribution in [2.75, 3.05) is 19.0 Å². The summed E-state index contributed by atoms with van der Waals surface area (Å²) < 4.78 is 10.5. The number of fused-ring (bicyclic) bond motifs is 1. The van der Waals surface area contributed by atoms with Crippen LogP contribution in [0.5, 0.6) is 5.75 Å². The van der Waals surface area contributed by atoms with Crippen LogP contribution in [0.25, 0.3) is 11.0 Å². The molecule has 1 N–H and O–H groups in total. The number of anilines is 1. The number of carbonyl (C=O) groups is 1. The quantitative estimate of drug-likeness (QED) is 0.670. The number of nitrogens with one attached hydrogen (secondary N) is 1. The van der Waals surface area contributed by atoms with Gasteiger partial charge in [-0.05, 0) is 67.8 Å². The van der Waals surface area contributed by atoms with Crippen LogP contribution in [0.3, 0.4) is 0 Å². The largest absolute Gasteiger partial charge is 0.497 e. The molecule has 6 heteroatoms. The lowest BCUT2D eigenvalue weighted by atomic mass is 10.1. The van der Waals surface area contributed by atoms with E-state index in [1.165, 1.54) is 6.07 Å². The number of nitrogens with zero attached hydrogens (tertiary/aromatic N) is 1. The number of aryl methyl sites for hydroxylation is 1. The van der Waals surface area contributed by atoms with Gasteiger partial charge in [-0.3, -0.25) is 9.69 Å². The predicted molar refractivity (Wildman–Crippen MR) is 112 cm³/mol. The van der Waals surface area contributed by atoms with E-state index in [4.69, 9.17) is 9.15 Å². The standard InChI is InChI=1S/C23H24N2O4/c1-15-5-10-19-16(13-22(26)29-21(19)12-15)14-25-11-3-4-20(25)23(27)24-17-6-8-18(28-2)9-7-17/h5-10,12-13,20H,3-4,11,14H2,1-2H3,(H,24,27)/t20-/m0/s1. The topological polar surface area (TPSA) is 71.8 Å². The molecule has 6 nitrogen and oxygen atoms in total. The number of likely N-dealkylation sites (tertiary alicyclic amines) is 1. The Morgan fingerprint density at radius 2 is 2.00 bits per heavy atom. The highest BCUT2D eigenvalue weighted by molar-refractivity contribution is 5.95. The monoisotopic (exact) mass is 392 g/mol. The first-order valence-corrected chi connectivity index (χ1v) is 9.76. The molecule has 29 heavy (non-hydrogen) atoms. The summed E-state index contributed by atoms with van der Waals surface area (Å²) >= 11 is 0. The molecule has 0 unspecified atom stereocenters. The normalized spacial score (nSPS) is 16.8. The molecular weight excluding hydrogens is 368 g/mol. The smallest absolute Gasteiger partial charge is 0.336 e. The molecule has 1 fully saturated rings. The summed E-state index contributed by atoms with van der Waals surface area (Å²) in [4.78, 5) is 27.0. The van der Waals surface area contributed by atoms with Crippen LogP contribution in [0, 0.1) is 6.92 Å². The molecule has 2 aromatic carbocycles. The second-order valence-electron chi connectivity index (χ2n) is 7.44. The van der Waals surface area contributed by atoms with Crippen molar-refractivity contribution in [3.8, 4) is 5.75 Å². The van der Waals surface area contributed by atoms with Gasteiger partial charge in [0, 0.05) is 23.7 Å². The Balaban J connectivity index is 1.53. The van der Waals surface area contributed by atoms with Crippen LogP contribution >= 0.6 is 0 Å². The number of ether oxygens (including phenoxy) is 1. The van der Waals surface area contributed by atoms with E-state index >= 15 is 0 Å². The maximum Gasteiger partial charge on any atom is 0.336 e. The lowest BCUT2D eigenvalue weighted by Gasteiger charge is -2.24. The van der Waals surface area contributed by atoms with Gasteiger partial charge in [0.1, 0.15) is 11.3 Å². The molecule has 0 radical (unpaired) electrons. The molecule has 2 heterocycles. The van der Waals surface area contributed by atoms with E-state index in [2.05, 4.69) is 10.2 Å². The lowest BCUT2D eigenvalue weighted by Crippen LogP contribution is -2.39. The van der Waals surface area contributed by atoms with Crippen LogP contribution in [0.2, 0.25) is 0 Å². The summed E-state index contributed by atoms with van der Waals surface area (Å²) in [6, 6.07) is 14.5. The fourth-order valence-electron chi connectivity index (χ4n) is 3.90. The number of amides is 1. The Morgan fingerprint density at radius 3 is 2.76 bits per heavy atom. The summed E-state index contributed by atoms with van der Waals surface area (Å²) in [5.41, 5.74) is 2.89. The van der Waals surface area contributed by atoms with Gasteiger partial charge in [-0.1, -0.05) is 12.1 Å². The van der Waals surface area contributed by atoms with Crippen LogP contribution in [0.4, 0.5) is 5.69 Å². The average molecular weight is 392 g/mol. The fraction of sp³-hybridized carbons (Fsp3) is 0.304. The van der Waals surface area contributed by atoms with Crippen LogP contribution in [-0.4, -0.2) is 30.5 Å². The highest BCUT2D eigenvalue weighted by Gasteiger charge is 2.31. The van der Waals surface area contributed by atoms with E-state index < -0.39 is 0 Å². The zero-order chi connectivity index (χ0) is 20.4. The van der Waals surface area contributed by atoms with Crippen LogP contribution < -0.4 is 15.7 Å². The van der Waals surface area contributed by atoms with Crippen molar-refractivity contribution < 1.29 is 13.9 Å². The first kappa shape index (κ1) is 19.2. The molecule has 1 aliphatic heterocycles. The average Bonchev–Trinajstić information content (AvgIpc) is 3.16. The second kappa shape index (κ2) is 8.09. The van der Waals surface area contributed by atoms with Crippen molar-refractivity contribution in [2.24, 2.45) is 0 Å². The predicted octanol–water partition coefficient (Wildman–Crippen LogP) is 3.71. The van der Waals surface area contributed by atoms with E-state index in [-0.39, 0.29) is 17.6 Å². The van der Waals surface area contributed by atoms with E-state index in [0.717, 1.165) is 47.3 Å². The van der Waals surface area contributed by atoms with Crippen molar-refractivity contribution >= 4 is 22.6 Å². The summed E-state index contributed by atoms with van der Waals surface area (Å²) in [5, 5.41) is 3.90. The van der Waals surface area contributed by atoms with E-state index in [0.29, 0.717) is 12.1 Å². The fourth-order valence-corrected chi connectivity index (χ4v) is 3.90. The highest BCUT2D eigenvalue weighted by atomic mass is 16.5. The van der Waals surface area contributed by atoms with Crippen molar-refractivity contribution in [1.82, 2.24) is 4.90 Å². The van der Waals surface area contributed by atoms with Gasteiger partial charge in [-0.2, -0.15) is 0 Å². The first-order chi connectivity index (χ1) is 14.0. The third kappa shape index (κ3) is 4.17. The molecule has 150 valence electrons. The van der Waals surface area contributed by atoms with E-state index in [9.17, 15) is 9.59 Å². The van der Waals surface area contributed by atoms with Crippen molar-refractivity contribution in [2.45, 2.75) is 32.4 Å². The zero-order valence-electron chi connectivity index (χ0n) is 16.6. The maximum atomic E-state index is 12.9. The molecule has 1 aromatic heterocycles. The summed E-state index contributed by atoms with van der Waals surface area (Å²) in [5.74, 6) is 0.714. The highest BCUT2D eigenvalue weighted by Crippen LogP contribution is 2.25. The Kier molecular flexibility index (Phi) is 5.36. The number of hydrogen-bond acceptors (Lipinski definition) is 5. The third-order valence-electron chi connectivity index (χ3n) is 5.38. The summed E-state index contributed by atoms with van der Waals surface area (Å²) in [7, 11) is 1.61. The molecule has 0 aliphatic carbocycles. The Labute approximate surface area is 169 Å². The molecule has 3 aromatic rings. The minimum atomic E-state index is -0.364. The number of carbonyl (C=O) groups excluding carboxylic acids is 1. The Bertz CT molecular complexity index is 1090. The molecule has 0 saturated carbocycles. The van der Waals surface area contributed by atoms with Gasteiger partial charge in [0.05, 0.1) is 13.2 Å². The van der Waals surface area contributed by atoms with Crippen molar-refractivity contribution in [3.05, 3.63) is 70.1 Å². The van der Waals surface area contributed by atoms with Gasteiger partial charge in [-0.25, -0.2) is 4.79 Å². The van der Waals surface area contributed by atoms with Gasteiger partial charge >= 0.3 is 5.63 Å². The van der Waals surface area contributed by atoms with Gasteiger partial charge < -0.3 is 14.5 Å². The minimum absolute atomic E-state index is 0.0317. The van der Waals surface area contributed by atoms with Gasteiger partial charge in [0.2, 0.25) is 5.91 Å². The first-order valence-electron chi connectivity index (χ1n) is 9.76. The summed E-state index contributed by atoms with van der Waals surface area (Å²) in [6.45, 7) is 3.31. The molecule has 0 bridgehead atoms. The molecule has 1 saturated heterocycles. The van der Waals surface area contributed by atoms with Crippen LogP contribution in [-0.2, 0) is 11.3 Å². The van der Waals surface area contributed by atoms with Gasteiger partial charge in [0.25, 0.3) is 0 Å². The summed E-state index contributed by atoms with van der Waals surface area (Å²) in [6.07, 6.45) is 1.74. The molecule has 4 rings (SSSR count). The molecule has 0 spiro atoms. The van der Waals surface area contributed by atoms with Gasteiger partial charge in [-0.15, -0.1) is 0 Å². The van der Waals surface area contributed by atoms with E-state index in [1.54, 1.807) is 7.11 Å². The molecule has 1 aliphatic rings. The molecular formula is C23H24N2O4. The van der Waals surface area contributed by atoms with Crippen LogP contribution in [0.1, 0.15) is 24.0 Å². The number of rotatable bonds is 5. The molecule has 1 atom stereocenters. The number of methoxy groups -OCH3 is 1. The van der Waals surface area contributed by atoms with Gasteiger partial charge in [0.15, 0.2) is 0 Å². The SMILES string of the molecule is COc1ccc(NC(=O)[C@@H]2CCCN2Cc2cc(=O)oc3cc(C)ccc23)cc1. The van der Waals surface area contributed by atoms with Crippen LogP contribution in [0.15, 0.2) is 57.7 Å². The maximum absolute atomic E-state index is 12.9. The number of benzene rings is 2.